The standard InChI is InChI=1S/C34H41AsN4O4S/c1-4-5-12-21-43-33(42)39-32-27(22-28(44-32)31(41)36-34(2,3)26-13-8-6-9-14-26)29(37-39)35-30(40)25-17-15-24(16-18-25)23-38-19-10-7-11-20-38/h6,8-9,13-18,22,35H,4-5,7,10-12,19-21,23H2,1-3H3,(H,36,41). The molecule has 1 atom stereocenters. The summed E-state index contributed by atoms with van der Waals surface area (Å²) in [6.45, 7) is 9.44. The number of hydrogen-bond acceptors (Lipinski definition) is 7. The fourth-order valence-electron chi connectivity index (χ4n) is 5.40. The van der Waals surface area contributed by atoms with Gasteiger partial charge in [-0.1, -0.05) is 0 Å². The van der Waals surface area contributed by atoms with E-state index < -0.39 is 27.4 Å². The van der Waals surface area contributed by atoms with E-state index >= 15 is 0 Å². The number of amides is 1. The summed E-state index contributed by atoms with van der Waals surface area (Å²) in [5.74, 6) is -0.246. The molecule has 232 valence electrons. The Morgan fingerprint density at radius 3 is 2.43 bits per heavy atom. The summed E-state index contributed by atoms with van der Waals surface area (Å²) >= 11 is -0.231. The Hall–Kier alpha value is -3.26. The van der Waals surface area contributed by atoms with Gasteiger partial charge in [-0.15, -0.1) is 0 Å². The maximum atomic E-state index is 13.5. The molecule has 8 nitrogen and oxygen atoms in total. The van der Waals surface area contributed by atoms with Crippen LogP contribution in [-0.2, 0) is 16.8 Å². The first kappa shape index (κ1) is 32.1. The summed E-state index contributed by atoms with van der Waals surface area (Å²) in [4.78, 5) is 43.5. The zero-order valence-electron chi connectivity index (χ0n) is 25.7. The van der Waals surface area contributed by atoms with Crippen LogP contribution in [0, 0.1) is 0 Å². The molecule has 1 N–H and O–H groups in total. The molecule has 10 heteroatoms. The van der Waals surface area contributed by atoms with E-state index in [1.54, 1.807) is 6.07 Å². The van der Waals surface area contributed by atoms with E-state index in [1.165, 1.54) is 40.8 Å². The first-order valence-corrected chi connectivity index (χ1v) is 18.4. The third-order valence-electron chi connectivity index (χ3n) is 7.95. The second kappa shape index (κ2) is 14.7. The van der Waals surface area contributed by atoms with Crippen molar-refractivity contribution in [2.75, 3.05) is 19.7 Å². The van der Waals surface area contributed by atoms with Crippen LogP contribution in [-0.4, -0.2) is 66.7 Å². The monoisotopic (exact) mass is 676 g/mol. The number of rotatable bonds is 12. The van der Waals surface area contributed by atoms with E-state index in [4.69, 9.17) is 4.74 Å². The van der Waals surface area contributed by atoms with Crippen molar-refractivity contribution in [3.63, 3.8) is 0 Å². The minimum absolute atomic E-state index is 0.0276. The van der Waals surface area contributed by atoms with Crippen molar-refractivity contribution in [2.45, 2.75) is 71.4 Å². The summed E-state index contributed by atoms with van der Waals surface area (Å²) in [5, 5.41) is 8.37. The van der Waals surface area contributed by atoms with Gasteiger partial charge in [-0.2, -0.15) is 0 Å². The molecule has 1 unspecified atom stereocenters. The molecule has 0 radical (unpaired) electrons. The number of thiophene rings is 1. The SMILES string of the molecule is CCCCCOC(=O)n1nc([AsH]C(=O)c2ccc(CN3CCCCC3)cc2)c2cc(C(=O)NC(C)(C)c3ccccc3)sc21. The molecule has 1 amide bonds. The summed E-state index contributed by atoms with van der Waals surface area (Å²) in [5.41, 5.74) is 2.23. The number of carbonyl (C=O) groups is 3. The fourth-order valence-corrected chi connectivity index (χ4v) is 8.68. The first-order valence-electron chi connectivity index (χ1n) is 15.5. The summed E-state index contributed by atoms with van der Waals surface area (Å²) < 4.78 is 7.35. The maximum absolute atomic E-state index is 13.5. The molecule has 1 aliphatic rings. The van der Waals surface area contributed by atoms with Gasteiger partial charge in [0, 0.05) is 0 Å². The summed E-state index contributed by atoms with van der Waals surface area (Å²) in [6.07, 6.45) is 5.95. The van der Waals surface area contributed by atoms with Crippen molar-refractivity contribution < 1.29 is 19.1 Å². The number of benzene rings is 2. The zero-order valence-corrected chi connectivity index (χ0v) is 28.6. The normalized spacial score (nSPS) is 14.3. The molecule has 0 saturated carbocycles. The van der Waals surface area contributed by atoms with Crippen molar-refractivity contribution >= 4 is 58.4 Å². The number of hydrogen-bond donors (Lipinski definition) is 1. The molecule has 2 aromatic heterocycles. The van der Waals surface area contributed by atoms with Gasteiger partial charge in [-0.25, -0.2) is 0 Å². The molecular weight excluding hydrogens is 635 g/mol. The average molecular weight is 677 g/mol. The molecule has 1 aliphatic heterocycles. The number of piperidine rings is 1. The molecule has 0 spiro atoms. The molecule has 44 heavy (non-hydrogen) atoms. The van der Waals surface area contributed by atoms with E-state index in [9.17, 15) is 14.4 Å². The Kier molecular flexibility index (Phi) is 10.7. The van der Waals surface area contributed by atoms with Gasteiger partial charge in [0.15, 0.2) is 0 Å². The van der Waals surface area contributed by atoms with Crippen molar-refractivity contribution in [3.05, 3.63) is 82.2 Å². The van der Waals surface area contributed by atoms with Gasteiger partial charge in [0.2, 0.25) is 0 Å². The molecule has 5 rings (SSSR count). The van der Waals surface area contributed by atoms with Gasteiger partial charge in [-0.3, -0.25) is 0 Å². The number of unbranched alkanes of at least 4 members (excludes halogenated alkanes) is 2. The Labute approximate surface area is 269 Å². The minimum atomic E-state index is -1.42. The summed E-state index contributed by atoms with van der Waals surface area (Å²) in [6, 6.07) is 19.4. The molecule has 4 aromatic rings. The third-order valence-corrected chi connectivity index (χ3v) is 11.4. The Morgan fingerprint density at radius 2 is 1.73 bits per heavy atom. The van der Waals surface area contributed by atoms with Gasteiger partial charge in [0.1, 0.15) is 0 Å². The van der Waals surface area contributed by atoms with Crippen molar-refractivity contribution in [1.82, 2.24) is 20.0 Å². The Balaban J connectivity index is 1.36. The topological polar surface area (TPSA) is 93.5 Å². The molecule has 1 fully saturated rings. The van der Waals surface area contributed by atoms with Crippen molar-refractivity contribution in [1.29, 1.82) is 0 Å². The number of ether oxygens (including phenoxy) is 1. The van der Waals surface area contributed by atoms with Crippen LogP contribution < -0.4 is 9.80 Å². The molecule has 0 aliphatic carbocycles. The number of likely N-dealkylation sites (tertiary alicyclic amines) is 1. The van der Waals surface area contributed by atoms with E-state index in [-0.39, 0.29) is 10.5 Å². The van der Waals surface area contributed by atoms with Crippen LogP contribution in [0.15, 0.2) is 60.7 Å². The number of aromatic nitrogens is 2. The number of nitrogens with one attached hydrogen (secondary N) is 1. The predicted octanol–water partition coefficient (Wildman–Crippen LogP) is 5.83. The van der Waals surface area contributed by atoms with Crippen molar-refractivity contribution in [3.8, 4) is 0 Å². The Morgan fingerprint density at radius 1 is 1.00 bits per heavy atom. The van der Waals surface area contributed by atoms with Gasteiger partial charge < -0.3 is 0 Å². The second-order valence-corrected chi connectivity index (χ2v) is 15.3. The van der Waals surface area contributed by atoms with Gasteiger partial charge in [-0.05, 0) is 0 Å². The summed E-state index contributed by atoms with van der Waals surface area (Å²) in [7, 11) is 0. The van der Waals surface area contributed by atoms with E-state index in [0.717, 1.165) is 44.5 Å². The molecule has 2 aromatic carbocycles. The van der Waals surface area contributed by atoms with E-state index in [0.29, 0.717) is 31.7 Å². The van der Waals surface area contributed by atoms with Gasteiger partial charge in [0.05, 0.1) is 0 Å². The van der Waals surface area contributed by atoms with Crippen molar-refractivity contribution in [2.24, 2.45) is 0 Å². The quantitative estimate of drug-likeness (QED) is 0.150. The molecule has 1 saturated heterocycles. The predicted molar refractivity (Wildman–Crippen MR) is 177 cm³/mol. The third kappa shape index (κ3) is 7.87. The molecular formula is C34H41AsN4O4S. The average Bonchev–Trinajstić information content (AvgIpc) is 3.61. The Bertz CT molecular complexity index is 1590. The van der Waals surface area contributed by atoms with Crippen LogP contribution in [0.1, 0.15) is 90.5 Å². The van der Waals surface area contributed by atoms with Gasteiger partial charge >= 0.3 is 271 Å². The number of nitrogens with zero attached hydrogens (tertiary/aromatic N) is 3. The number of carbonyl (C=O) groups excluding carboxylic acids is 3. The molecule has 3 heterocycles. The van der Waals surface area contributed by atoms with Crippen LogP contribution >= 0.6 is 11.3 Å². The van der Waals surface area contributed by atoms with Gasteiger partial charge in [0.25, 0.3) is 0 Å². The van der Waals surface area contributed by atoms with Crippen LogP contribution in [0.5, 0.6) is 0 Å². The first-order chi connectivity index (χ1) is 21.2. The van der Waals surface area contributed by atoms with Crippen LogP contribution in [0.4, 0.5) is 4.79 Å². The fraction of sp³-hybridized carbons (Fsp3) is 0.412. The molecule has 0 bridgehead atoms. The van der Waals surface area contributed by atoms with Crippen LogP contribution in [0.25, 0.3) is 10.2 Å². The van der Waals surface area contributed by atoms with E-state index in [2.05, 4.69) is 22.2 Å². The van der Waals surface area contributed by atoms with Crippen LogP contribution in [0.2, 0.25) is 0 Å². The van der Waals surface area contributed by atoms with Crippen LogP contribution in [0.3, 0.4) is 0 Å². The zero-order chi connectivity index (χ0) is 31.1. The second-order valence-electron chi connectivity index (χ2n) is 11.8. The number of fused-ring (bicyclic) bond motifs is 1. The van der Waals surface area contributed by atoms with E-state index in [1.807, 2.05) is 68.4 Å².